The first-order valence-corrected chi connectivity index (χ1v) is 7.02. The summed E-state index contributed by atoms with van der Waals surface area (Å²) in [6.45, 7) is 0. The lowest BCUT2D eigenvalue weighted by Crippen LogP contribution is -2.39. The predicted octanol–water partition coefficient (Wildman–Crippen LogP) is 3.47. The van der Waals surface area contributed by atoms with E-state index in [4.69, 9.17) is 9.47 Å². The Labute approximate surface area is 121 Å². The molecule has 0 radical (unpaired) electrons. The Morgan fingerprint density at radius 2 is 1.86 bits per heavy atom. The number of rotatable bonds is 0. The highest BCUT2D eigenvalue weighted by molar-refractivity contribution is 5.73. The van der Waals surface area contributed by atoms with Crippen LogP contribution in [0.25, 0.3) is 0 Å². The van der Waals surface area contributed by atoms with Gasteiger partial charge < -0.3 is 14.6 Å². The van der Waals surface area contributed by atoms with Crippen LogP contribution >= 0.6 is 0 Å². The molecular weight excluding hydrogens is 268 g/mol. The highest BCUT2D eigenvalue weighted by atomic mass is 16.6. The second-order valence-corrected chi connectivity index (χ2v) is 5.43. The zero-order valence-electron chi connectivity index (χ0n) is 11.3. The summed E-state index contributed by atoms with van der Waals surface area (Å²) in [6.07, 6.45) is 1.93. The van der Waals surface area contributed by atoms with Gasteiger partial charge in [0.15, 0.2) is 5.60 Å². The van der Waals surface area contributed by atoms with Crippen molar-refractivity contribution in [1.82, 2.24) is 0 Å². The van der Waals surface area contributed by atoms with Crippen LogP contribution in [-0.2, 0) is 15.1 Å². The summed E-state index contributed by atoms with van der Waals surface area (Å²) in [5.74, 6) is 1.15. The van der Waals surface area contributed by atoms with E-state index in [1.807, 2.05) is 24.3 Å². The second kappa shape index (κ2) is 4.25. The third-order valence-electron chi connectivity index (χ3n) is 4.14. The van der Waals surface area contributed by atoms with Gasteiger partial charge in [0.1, 0.15) is 17.2 Å². The fourth-order valence-corrected chi connectivity index (χ4v) is 3.24. The summed E-state index contributed by atoms with van der Waals surface area (Å²) < 4.78 is 11.7. The number of aromatic hydroxyl groups is 1. The number of para-hydroxylation sites is 1. The molecule has 1 N–H and O–H groups in total. The van der Waals surface area contributed by atoms with Gasteiger partial charge in [0.05, 0.1) is 0 Å². The van der Waals surface area contributed by atoms with Crippen LogP contribution in [0.1, 0.15) is 30.4 Å². The number of hydrogen-bond acceptors (Lipinski definition) is 4. The average Bonchev–Trinajstić information content (AvgIpc) is 2.47. The van der Waals surface area contributed by atoms with E-state index in [0.29, 0.717) is 17.9 Å². The minimum absolute atomic E-state index is 0.130. The molecule has 1 atom stereocenters. The molecule has 21 heavy (non-hydrogen) atoms. The number of phenols is 1. The standard InChI is InChI=1S/C17H14O4/c18-11-7-8-13-15(10-11)20-14-5-2-1-4-12(14)17(13)9-3-6-16(19)21-17/h1-2,4-5,7-8,10,18H,3,6,9H2. The normalized spacial score (nSPS) is 23.0. The molecule has 2 aromatic rings. The van der Waals surface area contributed by atoms with Gasteiger partial charge >= 0.3 is 5.97 Å². The van der Waals surface area contributed by atoms with Crippen molar-refractivity contribution in [2.45, 2.75) is 24.9 Å². The van der Waals surface area contributed by atoms with E-state index in [0.717, 1.165) is 24.0 Å². The Hall–Kier alpha value is -2.49. The third-order valence-corrected chi connectivity index (χ3v) is 4.14. The molecule has 4 nitrogen and oxygen atoms in total. The maximum atomic E-state index is 11.9. The average molecular weight is 282 g/mol. The van der Waals surface area contributed by atoms with Crippen LogP contribution in [0.4, 0.5) is 0 Å². The molecule has 1 fully saturated rings. The molecule has 106 valence electrons. The van der Waals surface area contributed by atoms with Gasteiger partial charge in [-0.3, -0.25) is 4.79 Å². The predicted molar refractivity (Wildman–Crippen MR) is 75.3 cm³/mol. The molecule has 0 bridgehead atoms. The van der Waals surface area contributed by atoms with Crippen molar-refractivity contribution >= 4 is 5.97 Å². The van der Waals surface area contributed by atoms with Gasteiger partial charge in [-0.1, -0.05) is 18.2 Å². The first kappa shape index (κ1) is 12.3. The summed E-state index contributed by atoms with van der Waals surface area (Å²) in [4.78, 5) is 11.9. The minimum Gasteiger partial charge on any atom is -0.508 e. The Morgan fingerprint density at radius 3 is 2.71 bits per heavy atom. The molecule has 2 aromatic carbocycles. The molecule has 2 aliphatic heterocycles. The van der Waals surface area contributed by atoms with Gasteiger partial charge in [-0.05, 0) is 31.0 Å². The van der Waals surface area contributed by atoms with Crippen molar-refractivity contribution in [3.8, 4) is 17.2 Å². The zero-order valence-corrected chi connectivity index (χ0v) is 11.3. The molecule has 1 unspecified atom stereocenters. The largest absolute Gasteiger partial charge is 0.508 e. The summed E-state index contributed by atoms with van der Waals surface area (Å²) in [5.41, 5.74) is 0.871. The second-order valence-electron chi connectivity index (χ2n) is 5.43. The Bertz CT molecular complexity index is 737. The molecule has 0 saturated carbocycles. The van der Waals surface area contributed by atoms with Crippen molar-refractivity contribution in [3.63, 3.8) is 0 Å². The van der Waals surface area contributed by atoms with Crippen molar-refractivity contribution in [1.29, 1.82) is 0 Å². The fourth-order valence-electron chi connectivity index (χ4n) is 3.24. The maximum absolute atomic E-state index is 11.9. The minimum atomic E-state index is -0.798. The number of hydrogen-bond donors (Lipinski definition) is 1. The van der Waals surface area contributed by atoms with Crippen LogP contribution in [0.5, 0.6) is 17.2 Å². The maximum Gasteiger partial charge on any atom is 0.307 e. The van der Waals surface area contributed by atoms with Crippen LogP contribution in [0.15, 0.2) is 42.5 Å². The van der Waals surface area contributed by atoms with Crippen LogP contribution in [0.2, 0.25) is 0 Å². The third kappa shape index (κ3) is 1.72. The van der Waals surface area contributed by atoms with Crippen LogP contribution in [0, 0.1) is 0 Å². The lowest BCUT2D eigenvalue weighted by atomic mass is 9.78. The first-order valence-electron chi connectivity index (χ1n) is 7.02. The van der Waals surface area contributed by atoms with Crippen molar-refractivity contribution < 1.29 is 19.4 Å². The summed E-state index contributed by atoms with van der Waals surface area (Å²) in [5, 5.41) is 9.69. The molecule has 4 rings (SSSR count). The van der Waals surface area contributed by atoms with Crippen molar-refractivity contribution in [3.05, 3.63) is 53.6 Å². The van der Waals surface area contributed by atoms with Gasteiger partial charge in [-0.25, -0.2) is 0 Å². The van der Waals surface area contributed by atoms with Gasteiger partial charge in [-0.2, -0.15) is 0 Å². The SMILES string of the molecule is O=C1CCCC2(O1)c1ccccc1Oc1cc(O)ccc12. The summed E-state index contributed by atoms with van der Waals surface area (Å²) in [6, 6.07) is 12.5. The number of ether oxygens (including phenoxy) is 2. The molecule has 4 heteroatoms. The van der Waals surface area contributed by atoms with E-state index in [1.54, 1.807) is 18.2 Å². The topological polar surface area (TPSA) is 55.8 Å². The molecule has 1 spiro atoms. The highest BCUT2D eigenvalue weighted by Gasteiger charge is 2.47. The van der Waals surface area contributed by atoms with Gasteiger partial charge in [0.2, 0.25) is 0 Å². The van der Waals surface area contributed by atoms with E-state index in [-0.39, 0.29) is 11.7 Å². The van der Waals surface area contributed by atoms with Gasteiger partial charge in [0.25, 0.3) is 0 Å². The van der Waals surface area contributed by atoms with E-state index in [2.05, 4.69) is 0 Å². The van der Waals surface area contributed by atoms with E-state index in [1.165, 1.54) is 0 Å². The van der Waals surface area contributed by atoms with Crippen LogP contribution < -0.4 is 4.74 Å². The lowest BCUT2D eigenvalue weighted by Gasteiger charge is -2.41. The number of esters is 1. The molecule has 0 aliphatic carbocycles. The smallest absolute Gasteiger partial charge is 0.307 e. The number of benzene rings is 2. The quantitative estimate of drug-likeness (QED) is 0.752. The number of carbonyl (C=O) groups is 1. The van der Waals surface area contributed by atoms with Crippen molar-refractivity contribution in [2.24, 2.45) is 0 Å². The van der Waals surface area contributed by atoms with E-state index >= 15 is 0 Å². The molecule has 2 aliphatic rings. The van der Waals surface area contributed by atoms with E-state index < -0.39 is 5.60 Å². The number of fused-ring (bicyclic) bond motifs is 4. The van der Waals surface area contributed by atoms with Crippen LogP contribution in [-0.4, -0.2) is 11.1 Å². The Morgan fingerprint density at radius 1 is 1.05 bits per heavy atom. The molecule has 2 heterocycles. The van der Waals surface area contributed by atoms with Crippen LogP contribution in [0.3, 0.4) is 0 Å². The van der Waals surface area contributed by atoms with E-state index in [9.17, 15) is 9.90 Å². The fraction of sp³-hybridized carbons (Fsp3) is 0.235. The Kier molecular flexibility index (Phi) is 2.48. The summed E-state index contributed by atoms with van der Waals surface area (Å²) in [7, 11) is 0. The summed E-state index contributed by atoms with van der Waals surface area (Å²) >= 11 is 0. The highest BCUT2D eigenvalue weighted by Crippen LogP contribution is 2.53. The van der Waals surface area contributed by atoms with Gasteiger partial charge in [0, 0.05) is 23.6 Å². The molecule has 0 amide bonds. The number of carbonyl (C=O) groups excluding carboxylic acids is 1. The monoisotopic (exact) mass is 282 g/mol. The first-order chi connectivity index (χ1) is 10.2. The number of phenolic OH excluding ortho intramolecular Hbond substituents is 1. The zero-order chi connectivity index (χ0) is 14.4. The lowest BCUT2D eigenvalue weighted by molar-refractivity contribution is -0.164. The molecule has 1 saturated heterocycles. The molecular formula is C17H14O4. The van der Waals surface area contributed by atoms with Gasteiger partial charge in [-0.15, -0.1) is 0 Å². The Balaban J connectivity index is 1.99. The van der Waals surface area contributed by atoms with Crippen molar-refractivity contribution in [2.75, 3.05) is 0 Å². The molecule has 0 aromatic heterocycles.